The number of aromatic nitrogens is 1. The fraction of sp³-hybridized carbons (Fsp3) is 0.286. The van der Waals surface area contributed by atoms with Crippen LogP contribution < -0.4 is 4.72 Å². The van der Waals surface area contributed by atoms with Crippen molar-refractivity contribution in [2.24, 2.45) is 0 Å². The number of anilines is 1. The summed E-state index contributed by atoms with van der Waals surface area (Å²) < 4.78 is 24.5. The van der Waals surface area contributed by atoms with Gasteiger partial charge < -0.3 is 0 Å². The Morgan fingerprint density at radius 1 is 1.64 bits per heavy atom. The topological polar surface area (TPSA) is 59.1 Å². The Morgan fingerprint density at radius 3 is 2.79 bits per heavy atom. The van der Waals surface area contributed by atoms with Gasteiger partial charge in [0.05, 0.1) is 5.02 Å². The fourth-order valence-corrected chi connectivity index (χ4v) is 1.94. The van der Waals surface area contributed by atoms with Gasteiger partial charge in [-0.3, -0.25) is 4.72 Å². The first-order chi connectivity index (χ1) is 6.44. The van der Waals surface area contributed by atoms with Crippen LogP contribution in [-0.2, 0) is 10.0 Å². The molecule has 14 heavy (non-hydrogen) atoms. The first-order valence-electron chi connectivity index (χ1n) is 3.63. The average Bonchev–Trinajstić information content (AvgIpc) is 2.10. The summed E-state index contributed by atoms with van der Waals surface area (Å²) in [6, 6.07) is 1.64. The van der Waals surface area contributed by atoms with E-state index in [2.05, 4.69) is 25.6 Å². The van der Waals surface area contributed by atoms with Crippen LogP contribution in [-0.4, -0.2) is 18.1 Å². The van der Waals surface area contributed by atoms with Gasteiger partial charge in [-0.1, -0.05) is 27.5 Å². The summed E-state index contributed by atoms with van der Waals surface area (Å²) >= 11 is 8.54. The summed E-state index contributed by atoms with van der Waals surface area (Å²) in [5.41, 5.74) is 0.682. The fourth-order valence-electron chi connectivity index (χ4n) is 0.822. The van der Waals surface area contributed by atoms with Crippen molar-refractivity contribution in [1.29, 1.82) is 0 Å². The molecule has 0 aromatic carbocycles. The zero-order chi connectivity index (χ0) is 10.8. The van der Waals surface area contributed by atoms with Crippen LogP contribution >= 0.6 is 27.5 Å². The zero-order valence-corrected chi connectivity index (χ0v) is 10.4. The van der Waals surface area contributed by atoms with Gasteiger partial charge in [0, 0.05) is 6.20 Å². The molecule has 0 atom stereocenters. The van der Waals surface area contributed by atoms with Crippen molar-refractivity contribution in [3.63, 3.8) is 0 Å². The molecule has 0 radical (unpaired) electrons. The summed E-state index contributed by atoms with van der Waals surface area (Å²) in [5, 5.41) is 0.476. The lowest BCUT2D eigenvalue weighted by atomic mass is 10.3. The van der Waals surface area contributed by atoms with E-state index in [0.29, 0.717) is 16.4 Å². The van der Waals surface area contributed by atoms with Crippen molar-refractivity contribution in [1.82, 2.24) is 4.98 Å². The van der Waals surface area contributed by atoms with E-state index in [0.717, 1.165) is 0 Å². The molecule has 0 aliphatic carbocycles. The number of pyridine rings is 1. The molecular formula is C7H8BrClN2O2S. The maximum Gasteiger partial charge on any atom is 0.243 e. The summed E-state index contributed by atoms with van der Waals surface area (Å²) in [5.74, 6) is 0.300. The van der Waals surface area contributed by atoms with Crippen LogP contribution in [0.4, 0.5) is 5.82 Å². The van der Waals surface area contributed by atoms with Crippen LogP contribution in [0.2, 0.25) is 5.02 Å². The molecule has 0 unspecified atom stereocenters. The molecule has 1 N–H and O–H groups in total. The van der Waals surface area contributed by atoms with Crippen molar-refractivity contribution in [3.8, 4) is 0 Å². The van der Waals surface area contributed by atoms with Crippen LogP contribution in [0.3, 0.4) is 0 Å². The molecule has 0 spiro atoms. The predicted molar refractivity (Wildman–Crippen MR) is 60.3 cm³/mol. The number of halogens is 2. The second kappa shape index (κ2) is 4.46. The van der Waals surface area contributed by atoms with Gasteiger partial charge in [0.25, 0.3) is 0 Å². The van der Waals surface area contributed by atoms with Crippen LogP contribution in [0, 0.1) is 6.92 Å². The molecule has 1 rings (SSSR count). The number of nitrogens with zero attached hydrogens (tertiary/aromatic N) is 1. The standard InChI is InChI=1S/C7H8BrClN2O2S/c1-5-2-6(9)3-10-7(5)11-14(12,13)4-8/h2-3H,4H2,1H3,(H,10,11). The van der Waals surface area contributed by atoms with Crippen LogP contribution in [0.15, 0.2) is 12.3 Å². The largest absolute Gasteiger partial charge is 0.266 e. The molecule has 0 aliphatic heterocycles. The Morgan fingerprint density at radius 2 is 2.29 bits per heavy atom. The van der Waals surface area contributed by atoms with Gasteiger partial charge >= 0.3 is 0 Å². The molecule has 78 valence electrons. The normalized spacial score (nSPS) is 11.4. The van der Waals surface area contributed by atoms with Gasteiger partial charge in [0.15, 0.2) is 0 Å². The molecule has 0 saturated heterocycles. The van der Waals surface area contributed by atoms with E-state index >= 15 is 0 Å². The highest BCUT2D eigenvalue weighted by molar-refractivity contribution is 9.10. The number of hydrogen-bond acceptors (Lipinski definition) is 3. The molecule has 4 nitrogen and oxygen atoms in total. The lowest BCUT2D eigenvalue weighted by Crippen LogP contribution is -2.15. The second-order valence-electron chi connectivity index (χ2n) is 2.64. The Balaban J connectivity index is 2.99. The smallest absolute Gasteiger partial charge is 0.243 e. The SMILES string of the molecule is Cc1cc(Cl)cnc1NS(=O)(=O)CBr. The minimum absolute atomic E-state index is 0.163. The molecule has 1 aromatic heterocycles. The van der Waals surface area contributed by atoms with Crippen molar-refractivity contribution in [2.45, 2.75) is 6.92 Å². The van der Waals surface area contributed by atoms with E-state index in [4.69, 9.17) is 11.6 Å². The van der Waals surface area contributed by atoms with Gasteiger partial charge in [-0.15, -0.1) is 0 Å². The third kappa shape index (κ3) is 3.11. The van der Waals surface area contributed by atoms with Gasteiger partial charge in [-0.25, -0.2) is 13.4 Å². The first-order valence-corrected chi connectivity index (χ1v) is 6.78. The molecule has 0 amide bonds. The maximum absolute atomic E-state index is 11.2. The Bertz CT molecular complexity index is 435. The van der Waals surface area contributed by atoms with E-state index < -0.39 is 10.0 Å². The lowest BCUT2D eigenvalue weighted by molar-refractivity contribution is 0.606. The monoisotopic (exact) mass is 298 g/mol. The van der Waals surface area contributed by atoms with Crippen molar-refractivity contribution in [3.05, 3.63) is 22.8 Å². The van der Waals surface area contributed by atoms with Gasteiger partial charge in [0.1, 0.15) is 10.5 Å². The Labute approximate surface area is 95.9 Å². The minimum Gasteiger partial charge on any atom is -0.266 e. The van der Waals surface area contributed by atoms with E-state index in [1.54, 1.807) is 13.0 Å². The first kappa shape index (κ1) is 11.7. The van der Waals surface area contributed by atoms with Crippen LogP contribution in [0.5, 0.6) is 0 Å². The molecule has 0 bridgehead atoms. The molecule has 0 aliphatic rings. The maximum atomic E-state index is 11.2. The molecule has 0 saturated carbocycles. The quantitative estimate of drug-likeness (QED) is 0.870. The summed E-state index contributed by atoms with van der Waals surface area (Å²) in [4.78, 5) is 3.87. The van der Waals surface area contributed by atoms with Crippen molar-refractivity contribution in [2.75, 3.05) is 9.38 Å². The van der Waals surface area contributed by atoms with E-state index in [1.165, 1.54) is 6.20 Å². The highest BCUT2D eigenvalue weighted by atomic mass is 79.9. The third-order valence-electron chi connectivity index (χ3n) is 1.44. The van der Waals surface area contributed by atoms with Crippen molar-refractivity contribution < 1.29 is 8.42 Å². The zero-order valence-electron chi connectivity index (χ0n) is 7.29. The Hall–Kier alpha value is -0.330. The van der Waals surface area contributed by atoms with E-state index in [-0.39, 0.29) is 4.66 Å². The van der Waals surface area contributed by atoms with Crippen LogP contribution in [0.1, 0.15) is 5.56 Å². The number of nitrogens with one attached hydrogen (secondary N) is 1. The summed E-state index contributed by atoms with van der Waals surface area (Å²) in [7, 11) is -3.35. The highest BCUT2D eigenvalue weighted by Crippen LogP contribution is 2.17. The molecule has 0 fully saturated rings. The third-order valence-corrected chi connectivity index (χ3v) is 4.25. The lowest BCUT2D eigenvalue weighted by Gasteiger charge is -2.07. The predicted octanol–water partition coefficient (Wildman–Crippen LogP) is 2.14. The number of rotatable bonds is 3. The molecular weight excluding hydrogens is 292 g/mol. The van der Waals surface area contributed by atoms with E-state index in [9.17, 15) is 8.42 Å². The molecule has 7 heteroatoms. The second-order valence-corrected chi connectivity index (χ2v) is 6.11. The minimum atomic E-state index is -3.35. The van der Waals surface area contributed by atoms with Gasteiger partial charge in [-0.05, 0) is 18.6 Å². The van der Waals surface area contributed by atoms with Gasteiger partial charge in [0.2, 0.25) is 10.0 Å². The number of hydrogen-bond donors (Lipinski definition) is 1. The summed E-state index contributed by atoms with van der Waals surface area (Å²) in [6.07, 6.45) is 1.39. The van der Waals surface area contributed by atoms with Crippen LogP contribution in [0.25, 0.3) is 0 Å². The summed E-state index contributed by atoms with van der Waals surface area (Å²) in [6.45, 7) is 1.73. The number of alkyl halides is 1. The number of aryl methyl sites for hydroxylation is 1. The van der Waals surface area contributed by atoms with E-state index in [1.807, 2.05) is 0 Å². The van der Waals surface area contributed by atoms with Crippen molar-refractivity contribution >= 4 is 43.4 Å². The highest BCUT2D eigenvalue weighted by Gasteiger charge is 2.10. The number of sulfonamides is 1. The average molecular weight is 300 g/mol. The van der Waals surface area contributed by atoms with Gasteiger partial charge in [-0.2, -0.15) is 0 Å². The molecule has 1 aromatic rings. The Kier molecular flexibility index (Phi) is 3.74. The molecule has 1 heterocycles.